The summed E-state index contributed by atoms with van der Waals surface area (Å²) in [6.07, 6.45) is 12.1. The van der Waals surface area contributed by atoms with Crippen molar-refractivity contribution in [1.29, 1.82) is 0 Å². The van der Waals surface area contributed by atoms with Crippen molar-refractivity contribution in [2.75, 3.05) is 11.9 Å². The maximum Gasteiger partial charge on any atom is 0.319 e. The first-order valence-corrected chi connectivity index (χ1v) is 9.27. The first kappa shape index (κ1) is 14.6. The van der Waals surface area contributed by atoms with Crippen molar-refractivity contribution >= 4 is 11.7 Å². The van der Waals surface area contributed by atoms with E-state index in [1.807, 2.05) is 0 Å². The van der Waals surface area contributed by atoms with E-state index < -0.39 is 0 Å². The van der Waals surface area contributed by atoms with Crippen LogP contribution in [0, 0.1) is 11.3 Å². The van der Waals surface area contributed by atoms with Gasteiger partial charge in [-0.2, -0.15) is 0 Å². The summed E-state index contributed by atoms with van der Waals surface area (Å²) >= 11 is 0. The van der Waals surface area contributed by atoms with Gasteiger partial charge in [0.05, 0.1) is 24.2 Å². The molecule has 0 aromatic carbocycles. The molecule has 5 rings (SSSR count). The SMILES string of the molecule is O=C(Nc1cnc(C2CC2)nc1)N[C@H]1[C@H]2CCO[C@@H]2C12CCCC2. The van der Waals surface area contributed by atoms with Crippen molar-refractivity contribution < 1.29 is 9.53 Å². The van der Waals surface area contributed by atoms with E-state index in [1.165, 1.54) is 38.5 Å². The van der Waals surface area contributed by atoms with Crippen molar-refractivity contribution in [3.8, 4) is 0 Å². The quantitative estimate of drug-likeness (QED) is 0.894. The maximum atomic E-state index is 12.5. The first-order valence-electron chi connectivity index (χ1n) is 9.27. The number of rotatable bonds is 3. The van der Waals surface area contributed by atoms with Gasteiger partial charge in [-0.15, -0.1) is 0 Å². The number of carbonyl (C=O) groups excluding carboxylic acids is 1. The molecule has 1 aromatic heterocycles. The van der Waals surface area contributed by atoms with E-state index in [4.69, 9.17) is 4.74 Å². The molecule has 3 saturated carbocycles. The zero-order valence-corrected chi connectivity index (χ0v) is 13.8. The van der Waals surface area contributed by atoms with Crippen LogP contribution >= 0.6 is 0 Å². The molecule has 6 heteroatoms. The maximum absolute atomic E-state index is 12.5. The van der Waals surface area contributed by atoms with Gasteiger partial charge in [0, 0.05) is 29.9 Å². The number of hydrogen-bond donors (Lipinski definition) is 2. The first-order chi connectivity index (χ1) is 11.8. The Morgan fingerprint density at radius 2 is 1.92 bits per heavy atom. The Labute approximate surface area is 141 Å². The molecule has 4 fully saturated rings. The third-order valence-electron chi connectivity index (χ3n) is 6.44. The zero-order valence-electron chi connectivity index (χ0n) is 13.8. The van der Waals surface area contributed by atoms with Crippen molar-refractivity contribution in [2.24, 2.45) is 11.3 Å². The molecule has 2 heterocycles. The Morgan fingerprint density at radius 3 is 2.62 bits per heavy atom. The van der Waals surface area contributed by atoms with Gasteiger partial charge >= 0.3 is 6.03 Å². The van der Waals surface area contributed by atoms with Crippen LogP contribution in [0.15, 0.2) is 12.4 Å². The van der Waals surface area contributed by atoms with Gasteiger partial charge in [-0.05, 0) is 32.1 Å². The summed E-state index contributed by atoms with van der Waals surface area (Å²) in [5.41, 5.74) is 0.848. The van der Waals surface area contributed by atoms with E-state index in [0.29, 0.717) is 23.6 Å². The van der Waals surface area contributed by atoms with Gasteiger partial charge in [-0.3, -0.25) is 0 Å². The fraction of sp³-hybridized carbons (Fsp3) is 0.722. The van der Waals surface area contributed by atoms with E-state index in [9.17, 15) is 4.79 Å². The predicted molar refractivity (Wildman–Crippen MR) is 88.7 cm³/mol. The van der Waals surface area contributed by atoms with Crippen molar-refractivity contribution in [1.82, 2.24) is 15.3 Å². The lowest BCUT2D eigenvalue weighted by atomic mass is 9.54. The number of nitrogens with zero attached hydrogens (tertiary/aromatic N) is 2. The Bertz CT molecular complexity index is 637. The lowest BCUT2D eigenvalue weighted by molar-refractivity contribution is -0.125. The number of nitrogens with one attached hydrogen (secondary N) is 2. The van der Waals surface area contributed by atoms with Gasteiger partial charge in [0.15, 0.2) is 0 Å². The van der Waals surface area contributed by atoms with Gasteiger partial charge in [-0.25, -0.2) is 14.8 Å². The minimum absolute atomic E-state index is 0.139. The number of aromatic nitrogens is 2. The monoisotopic (exact) mass is 328 g/mol. The van der Waals surface area contributed by atoms with Crippen LogP contribution in [0.3, 0.4) is 0 Å². The molecule has 6 nitrogen and oxygen atoms in total. The van der Waals surface area contributed by atoms with E-state index in [-0.39, 0.29) is 17.5 Å². The van der Waals surface area contributed by atoms with Crippen LogP contribution in [0.2, 0.25) is 0 Å². The van der Waals surface area contributed by atoms with Crippen LogP contribution < -0.4 is 10.6 Å². The summed E-state index contributed by atoms with van der Waals surface area (Å²) in [5.74, 6) is 1.92. The smallest absolute Gasteiger partial charge is 0.319 e. The molecule has 0 bridgehead atoms. The van der Waals surface area contributed by atoms with Crippen LogP contribution in [0.1, 0.15) is 56.7 Å². The van der Waals surface area contributed by atoms with E-state index in [0.717, 1.165) is 18.9 Å². The molecule has 1 saturated heterocycles. The topological polar surface area (TPSA) is 76.1 Å². The van der Waals surface area contributed by atoms with Crippen molar-refractivity contribution in [3.63, 3.8) is 0 Å². The number of anilines is 1. The van der Waals surface area contributed by atoms with Gasteiger partial charge in [0.2, 0.25) is 0 Å². The normalized spacial score (nSPS) is 33.1. The van der Waals surface area contributed by atoms with Crippen molar-refractivity contribution in [3.05, 3.63) is 18.2 Å². The standard InChI is InChI=1S/C18H24N4O2/c23-17(21-12-9-19-16(20-10-12)11-3-4-11)22-14-13-5-8-24-15(13)18(14)6-1-2-7-18/h9-11,13-15H,1-8H2,(H2,21,22,23)/t13-,14+,15+/m1/s1. The third kappa shape index (κ3) is 2.23. The molecule has 128 valence electrons. The second-order valence-electron chi connectivity index (χ2n) is 7.86. The molecule has 2 N–H and O–H groups in total. The second kappa shape index (κ2) is 5.41. The fourth-order valence-corrected chi connectivity index (χ4v) is 5.17. The second-order valence-corrected chi connectivity index (χ2v) is 7.86. The molecule has 0 unspecified atom stereocenters. The molecule has 0 radical (unpaired) electrons. The molecule has 1 aromatic rings. The van der Waals surface area contributed by atoms with Crippen LogP contribution in [0.5, 0.6) is 0 Å². The molecule has 3 aliphatic carbocycles. The van der Waals surface area contributed by atoms with Gasteiger partial charge in [0.25, 0.3) is 0 Å². The zero-order chi connectivity index (χ0) is 16.1. The van der Waals surface area contributed by atoms with Crippen molar-refractivity contribution in [2.45, 2.75) is 63.0 Å². The third-order valence-corrected chi connectivity index (χ3v) is 6.44. The molecule has 1 spiro atoms. The molecule has 3 atom stereocenters. The van der Waals surface area contributed by atoms with E-state index in [1.54, 1.807) is 12.4 Å². The molecular weight excluding hydrogens is 304 g/mol. The summed E-state index contributed by atoms with van der Waals surface area (Å²) in [6.45, 7) is 0.841. The lowest BCUT2D eigenvalue weighted by Gasteiger charge is -2.56. The highest BCUT2D eigenvalue weighted by Gasteiger charge is 2.65. The Balaban J connectivity index is 1.24. The summed E-state index contributed by atoms with van der Waals surface area (Å²) in [7, 11) is 0. The number of hydrogen-bond acceptors (Lipinski definition) is 4. The number of amides is 2. The molecule has 1 aliphatic heterocycles. The van der Waals surface area contributed by atoms with Gasteiger partial charge < -0.3 is 15.4 Å². The van der Waals surface area contributed by atoms with Gasteiger partial charge in [0.1, 0.15) is 5.82 Å². The minimum atomic E-state index is -0.139. The Kier molecular flexibility index (Phi) is 3.30. The average Bonchev–Trinajstić information content (AvgIpc) is 3.13. The van der Waals surface area contributed by atoms with Gasteiger partial charge in [-0.1, -0.05) is 12.8 Å². The molecule has 4 aliphatic rings. The predicted octanol–water partition coefficient (Wildman–Crippen LogP) is 2.82. The largest absolute Gasteiger partial charge is 0.377 e. The summed E-state index contributed by atoms with van der Waals surface area (Å²) in [5, 5.41) is 6.13. The van der Waals surface area contributed by atoms with Crippen LogP contribution in [0.4, 0.5) is 10.5 Å². The number of fused-ring (bicyclic) bond motifs is 2. The summed E-state index contributed by atoms with van der Waals surface area (Å²) in [6, 6.07) is 0.110. The lowest BCUT2D eigenvalue weighted by Crippen LogP contribution is -2.68. The number of urea groups is 1. The highest BCUT2D eigenvalue weighted by atomic mass is 16.5. The van der Waals surface area contributed by atoms with Crippen LogP contribution in [-0.2, 0) is 4.74 Å². The average molecular weight is 328 g/mol. The highest BCUT2D eigenvalue weighted by Crippen LogP contribution is 2.60. The molecule has 24 heavy (non-hydrogen) atoms. The Morgan fingerprint density at radius 1 is 1.17 bits per heavy atom. The minimum Gasteiger partial charge on any atom is -0.377 e. The molecule has 2 amide bonds. The van der Waals surface area contributed by atoms with Crippen LogP contribution in [-0.4, -0.2) is 34.8 Å². The van der Waals surface area contributed by atoms with E-state index >= 15 is 0 Å². The van der Waals surface area contributed by atoms with Crippen LogP contribution in [0.25, 0.3) is 0 Å². The number of carbonyl (C=O) groups is 1. The summed E-state index contributed by atoms with van der Waals surface area (Å²) < 4.78 is 5.97. The van der Waals surface area contributed by atoms with E-state index in [2.05, 4.69) is 20.6 Å². The number of ether oxygens (including phenoxy) is 1. The highest BCUT2D eigenvalue weighted by molar-refractivity contribution is 5.89. The molecular formula is C18H24N4O2. The Hall–Kier alpha value is -1.69. The summed E-state index contributed by atoms with van der Waals surface area (Å²) in [4.78, 5) is 21.2. The fourth-order valence-electron chi connectivity index (χ4n) is 5.17.